The number of aromatic nitrogens is 4. The number of nitrogens with zero attached hydrogens (tertiary/aromatic N) is 4. The molecule has 2 N–H and O–H groups in total. The van der Waals surface area contributed by atoms with Crippen molar-refractivity contribution >= 4 is 16.3 Å². The number of hydrogen-bond acceptors (Lipinski definition) is 5. The Hall–Kier alpha value is -1.01. The van der Waals surface area contributed by atoms with Gasteiger partial charge >= 0.3 is 0 Å². The highest BCUT2D eigenvalue weighted by atomic mass is 32.1. The zero-order valence-corrected chi connectivity index (χ0v) is 11.0. The molecule has 1 aliphatic rings. The smallest absolute Gasteiger partial charge is 0.234 e. The van der Waals surface area contributed by atoms with E-state index in [-0.39, 0.29) is 5.41 Å². The zero-order valence-electron chi connectivity index (χ0n) is 10.2. The van der Waals surface area contributed by atoms with Crippen molar-refractivity contribution in [3.63, 3.8) is 0 Å². The Morgan fingerprint density at radius 1 is 1.41 bits per heavy atom. The molecule has 3 rings (SSSR count). The summed E-state index contributed by atoms with van der Waals surface area (Å²) in [6, 6.07) is 0. The van der Waals surface area contributed by atoms with Gasteiger partial charge in [0.1, 0.15) is 5.01 Å². The maximum Gasteiger partial charge on any atom is 0.234 e. The van der Waals surface area contributed by atoms with E-state index in [4.69, 9.17) is 5.73 Å². The molecule has 1 fully saturated rings. The predicted molar refractivity (Wildman–Crippen MR) is 67.3 cm³/mol. The monoisotopic (exact) mass is 251 g/mol. The molecule has 1 saturated carbocycles. The van der Waals surface area contributed by atoms with Crippen molar-refractivity contribution in [3.8, 4) is 0 Å². The number of rotatable bonds is 3. The van der Waals surface area contributed by atoms with Crippen LogP contribution in [0.2, 0.25) is 0 Å². The standard InChI is InChI=1S/C11H17N5S/c1-7(2)8-13-14-10-16(8)15-9(17-10)11(6-12)4-3-5-11/h7H,3-6,12H2,1-2H3. The Labute approximate surface area is 104 Å². The van der Waals surface area contributed by atoms with E-state index in [9.17, 15) is 0 Å². The summed E-state index contributed by atoms with van der Waals surface area (Å²) in [5.41, 5.74) is 6.04. The summed E-state index contributed by atoms with van der Waals surface area (Å²) >= 11 is 1.64. The van der Waals surface area contributed by atoms with Crippen LogP contribution in [0.25, 0.3) is 4.96 Å². The van der Waals surface area contributed by atoms with Gasteiger partial charge in [0.15, 0.2) is 5.82 Å². The van der Waals surface area contributed by atoms with E-state index in [1.165, 1.54) is 6.42 Å². The molecule has 0 unspecified atom stereocenters. The van der Waals surface area contributed by atoms with Crippen molar-refractivity contribution < 1.29 is 0 Å². The molecule has 0 radical (unpaired) electrons. The lowest BCUT2D eigenvalue weighted by atomic mass is 9.69. The molecule has 0 aromatic carbocycles. The Morgan fingerprint density at radius 2 is 2.18 bits per heavy atom. The van der Waals surface area contributed by atoms with Gasteiger partial charge in [-0.15, -0.1) is 10.2 Å². The van der Waals surface area contributed by atoms with Gasteiger partial charge in [0.25, 0.3) is 0 Å². The molecule has 2 heterocycles. The molecule has 0 bridgehead atoms. The highest BCUT2D eigenvalue weighted by Gasteiger charge is 2.41. The minimum absolute atomic E-state index is 0.125. The van der Waals surface area contributed by atoms with Gasteiger partial charge in [-0.3, -0.25) is 0 Å². The second-order valence-electron chi connectivity index (χ2n) is 5.15. The van der Waals surface area contributed by atoms with Crippen LogP contribution in [-0.4, -0.2) is 26.4 Å². The van der Waals surface area contributed by atoms with Gasteiger partial charge in [-0.1, -0.05) is 31.6 Å². The van der Waals surface area contributed by atoms with Crippen LogP contribution < -0.4 is 5.73 Å². The minimum atomic E-state index is 0.125. The topological polar surface area (TPSA) is 69.1 Å². The van der Waals surface area contributed by atoms with Crippen LogP contribution in [0, 0.1) is 0 Å². The summed E-state index contributed by atoms with van der Waals surface area (Å²) in [6.07, 6.45) is 3.57. The molecule has 0 amide bonds. The first-order valence-electron chi connectivity index (χ1n) is 6.09. The maximum absolute atomic E-state index is 5.91. The quantitative estimate of drug-likeness (QED) is 0.901. The SMILES string of the molecule is CC(C)c1nnc2sc(C3(CN)CCC3)nn12. The third-order valence-corrected chi connectivity index (χ3v) is 4.83. The average Bonchev–Trinajstić information content (AvgIpc) is 2.75. The van der Waals surface area contributed by atoms with Gasteiger partial charge in [-0.2, -0.15) is 9.61 Å². The highest BCUT2D eigenvalue weighted by molar-refractivity contribution is 7.16. The third-order valence-electron chi connectivity index (χ3n) is 3.69. The summed E-state index contributed by atoms with van der Waals surface area (Å²) in [4.78, 5) is 0.892. The van der Waals surface area contributed by atoms with Gasteiger partial charge in [0.05, 0.1) is 0 Å². The summed E-state index contributed by atoms with van der Waals surface area (Å²) in [5.74, 6) is 1.28. The molecule has 0 atom stereocenters. The average molecular weight is 251 g/mol. The fraction of sp³-hybridized carbons (Fsp3) is 0.727. The fourth-order valence-corrected chi connectivity index (χ4v) is 3.42. The Balaban J connectivity index is 2.08. The zero-order chi connectivity index (χ0) is 12.0. The highest BCUT2D eigenvalue weighted by Crippen LogP contribution is 2.44. The van der Waals surface area contributed by atoms with Crippen LogP contribution in [0.1, 0.15) is 49.9 Å². The Bertz CT molecular complexity index is 532. The van der Waals surface area contributed by atoms with Crippen LogP contribution in [0.4, 0.5) is 0 Å². The van der Waals surface area contributed by atoms with Crippen molar-refractivity contribution in [2.75, 3.05) is 6.54 Å². The predicted octanol–water partition coefficient (Wildman–Crippen LogP) is 1.69. The van der Waals surface area contributed by atoms with E-state index in [0.717, 1.165) is 28.6 Å². The van der Waals surface area contributed by atoms with E-state index in [1.54, 1.807) is 11.3 Å². The molecular formula is C11H17N5S. The van der Waals surface area contributed by atoms with Gasteiger partial charge in [-0.05, 0) is 12.8 Å². The first-order chi connectivity index (χ1) is 8.16. The molecule has 0 saturated heterocycles. The number of fused-ring (bicyclic) bond motifs is 1. The van der Waals surface area contributed by atoms with Crippen LogP contribution >= 0.6 is 11.3 Å². The van der Waals surface area contributed by atoms with Crippen molar-refractivity contribution in [1.29, 1.82) is 0 Å². The van der Waals surface area contributed by atoms with Crippen molar-refractivity contribution in [3.05, 3.63) is 10.8 Å². The van der Waals surface area contributed by atoms with E-state index >= 15 is 0 Å². The third kappa shape index (κ3) is 1.51. The van der Waals surface area contributed by atoms with Crippen molar-refractivity contribution in [1.82, 2.24) is 19.8 Å². The first kappa shape index (κ1) is 11.1. The molecule has 17 heavy (non-hydrogen) atoms. The summed E-state index contributed by atoms with van der Waals surface area (Å²) < 4.78 is 1.89. The summed E-state index contributed by atoms with van der Waals surface area (Å²) in [7, 11) is 0. The van der Waals surface area contributed by atoms with Crippen LogP contribution in [-0.2, 0) is 5.41 Å². The van der Waals surface area contributed by atoms with Crippen LogP contribution in [0.3, 0.4) is 0 Å². The molecule has 5 nitrogen and oxygen atoms in total. The fourth-order valence-electron chi connectivity index (χ4n) is 2.32. The molecule has 6 heteroatoms. The van der Waals surface area contributed by atoms with E-state index < -0.39 is 0 Å². The van der Waals surface area contributed by atoms with Gasteiger partial charge in [-0.25, -0.2) is 0 Å². The molecule has 92 valence electrons. The minimum Gasteiger partial charge on any atom is -0.329 e. The lowest BCUT2D eigenvalue weighted by Gasteiger charge is -2.38. The normalized spacial score (nSPS) is 18.8. The van der Waals surface area contributed by atoms with Crippen LogP contribution in [0.5, 0.6) is 0 Å². The molecule has 0 spiro atoms. The molecule has 2 aromatic rings. The lowest BCUT2D eigenvalue weighted by Crippen LogP contribution is -2.41. The Morgan fingerprint density at radius 3 is 2.71 bits per heavy atom. The maximum atomic E-state index is 5.91. The van der Waals surface area contributed by atoms with Gasteiger partial charge in [0.2, 0.25) is 4.96 Å². The van der Waals surface area contributed by atoms with Crippen molar-refractivity contribution in [2.45, 2.75) is 44.4 Å². The number of hydrogen-bond donors (Lipinski definition) is 1. The molecule has 1 aliphatic carbocycles. The second-order valence-corrected chi connectivity index (χ2v) is 6.11. The summed E-state index contributed by atoms with van der Waals surface area (Å²) in [5, 5.41) is 14.2. The van der Waals surface area contributed by atoms with Gasteiger partial charge < -0.3 is 5.73 Å². The van der Waals surface area contributed by atoms with E-state index in [2.05, 4.69) is 29.1 Å². The van der Waals surface area contributed by atoms with Gasteiger partial charge in [0, 0.05) is 17.9 Å². The molecular weight excluding hydrogens is 234 g/mol. The molecule has 0 aliphatic heterocycles. The van der Waals surface area contributed by atoms with E-state index in [1.807, 2.05) is 4.52 Å². The van der Waals surface area contributed by atoms with Crippen LogP contribution in [0.15, 0.2) is 0 Å². The number of nitrogens with two attached hydrogens (primary N) is 1. The lowest BCUT2D eigenvalue weighted by molar-refractivity contribution is 0.250. The van der Waals surface area contributed by atoms with E-state index in [0.29, 0.717) is 12.5 Å². The molecule has 2 aromatic heterocycles. The van der Waals surface area contributed by atoms with Crippen molar-refractivity contribution in [2.24, 2.45) is 5.73 Å². The Kier molecular flexibility index (Phi) is 2.45. The summed E-state index contributed by atoms with van der Waals surface area (Å²) in [6.45, 7) is 4.91. The largest absolute Gasteiger partial charge is 0.329 e. The second kappa shape index (κ2) is 3.74. The first-order valence-corrected chi connectivity index (χ1v) is 6.91.